The van der Waals surface area contributed by atoms with Crippen molar-refractivity contribution in [3.05, 3.63) is 87.8 Å². The van der Waals surface area contributed by atoms with Crippen LogP contribution in [0, 0.1) is 20.8 Å². The molecular formula is C26H27N3O4S. The van der Waals surface area contributed by atoms with Crippen LogP contribution < -0.4 is 20.1 Å². The molecule has 0 unspecified atom stereocenters. The van der Waals surface area contributed by atoms with Crippen molar-refractivity contribution in [2.45, 2.75) is 26.8 Å². The van der Waals surface area contributed by atoms with Crippen LogP contribution in [-0.4, -0.2) is 25.1 Å². The van der Waals surface area contributed by atoms with Crippen LogP contribution >= 0.6 is 11.3 Å². The Morgan fingerprint density at radius 3 is 2.59 bits per heavy atom. The van der Waals surface area contributed by atoms with E-state index in [1.54, 1.807) is 32.5 Å². The maximum absolute atomic E-state index is 12.9. The Balaban J connectivity index is 1.87. The molecule has 2 N–H and O–H groups in total. The number of nitrogens with one attached hydrogen (secondary N) is 2. The Morgan fingerprint density at radius 1 is 1.09 bits per heavy atom. The molecule has 34 heavy (non-hydrogen) atoms. The maximum atomic E-state index is 12.9. The summed E-state index contributed by atoms with van der Waals surface area (Å²) in [6.07, 6.45) is 3.25. The zero-order valence-electron chi connectivity index (χ0n) is 19.8. The summed E-state index contributed by atoms with van der Waals surface area (Å²) >= 11 is 1.52. The van der Waals surface area contributed by atoms with Crippen molar-refractivity contribution in [1.29, 1.82) is 0 Å². The molecule has 0 saturated heterocycles. The lowest BCUT2D eigenvalue weighted by atomic mass is 9.95. The first-order valence-electron chi connectivity index (χ1n) is 10.8. The van der Waals surface area contributed by atoms with E-state index in [0.717, 1.165) is 32.1 Å². The van der Waals surface area contributed by atoms with Gasteiger partial charge in [-0.1, -0.05) is 12.1 Å². The molecule has 3 heterocycles. The molecule has 176 valence electrons. The monoisotopic (exact) mass is 477 g/mol. The van der Waals surface area contributed by atoms with E-state index < -0.39 is 0 Å². The van der Waals surface area contributed by atoms with Gasteiger partial charge in [0.05, 0.1) is 26.5 Å². The van der Waals surface area contributed by atoms with Crippen molar-refractivity contribution in [2.75, 3.05) is 24.9 Å². The van der Waals surface area contributed by atoms with Gasteiger partial charge in [0.25, 0.3) is 5.91 Å². The highest BCUT2D eigenvalue weighted by molar-refractivity contribution is 7.16. The summed E-state index contributed by atoms with van der Waals surface area (Å²) < 4.78 is 16.6. The number of methoxy groups -OCH3 is 2. The largest absolute Gasteiger partial charge is 0.493 e. The highest BCUT2D eigenvalue weighted by Gasteiger charge is 2.29. The molecule has 0 aliphatic carbocycles. The Bertz CT molecular complexity index is 1300. The summed E-state index contributed by atoms with van der Waals surface area (Å²) in [5.74, 6) is 1.88. The fourth-order valence-electron chi connectivity index (χ4n) is 3.87. The number of nitrogens with zero attached hydrogens (tertiary/aromatic N) is 1. The van der Waals surface area contributed by atoms with Crippen LogP contribution in [-0.2, 0) is 0 Å². The maximum Gasteiger partial charge on any atom is 0.291 e. The zero-order valence-corrected chi connectivity index (χ0v) is 20.6. The second-order valence-corrected chi connectivity index (χ2v) is 9.06. The minimum atomic E-state index is -0.379. The standard InChI is InChI=1S/C26H27N3O4S/c1-15-11-12-27-21(14-15)28-23(18-8-6-9-19(31-4)24(18)32-5)22-16(2)17(3)34-26(22)29-25(30)20-10-7-13-33-20/h6-14,23H,1-5H3,(H,27,28)(H,29,30)/t23-/m1/s1. The van der Waals surface area contributed by atoms with Crippen LogP contribution in [0.3, 0.4) is 0 Å². The van der Waals surface area contributed by atoms with E-state index >= 15 is 0 Å². The van der Waals surface area contributed by atoms with Crippen molar-refractivity contribution in [2.24, 2.45) is 0 Å². The molecule has 7 nitrogen and oxygen atoms in total. The third-order valence-corrected chi connectivity index (χ3v) is 6.78. The number of aryl methyl sites for hydroxylation is 2. The van der Waals surface area contributed by atoms with E-state index in [1.165, 1.54) is 17.6 Å². The van der Waals surface area contributed by atoms with Crippen LogP contribution in [0.25, 0.3) is 0 Å². The van der Waals surface area contributed by atoms with Gasteiger partial charge in [-0.25, -0.2) is 4.98 Å². The molecule has 1 aromatic carbocycles. The Kier molecular flexibility index (Phi) is 6.88. The Labute approximate surface area is 202 Å². The third kappa shape index (κ3) is 4.63. The molecule has 0 radical (unpaired) electrons. The highest BCUT2D eigenvalue weighted by atomic mass is 32.1. The topological polar surface area (TPSA) is 85.6 Å². The van der Waals surface area contributed by atoms with Crippen LogP contribution in [0.4, 0.5) is 10.8 Å². The van der Waals surface area contributed by atoms with Crippen molar-refractivity contribution in [1.82, 2.24) is 4.98 Å². The van der Waals surface area contributed by atoms with Gasteiger partial charge in [0.15, 0.2) is 17.3 Å². The van der Waals surface area contributed by atoms with E-state index in [2.05, 4.69) is 22.5 Å². The molecule has 0 aliphatic rings. The van der Waals surface area contributed by atoms with Crippen LogP contribution in [0.15, 0.2) is 59.3 Å². The third-order valence-electron chi connectivity index (χ3n) is 5.64. The van der Waals surface area contributed by atoms with Gasteiger partial charge >= 0.3 is 0 Å². The predicted molar refractivity (Wildman–Crippen MR) is 134 cm³/mol. The number of anilines is 2. The quantitative estimate of drug-likeness (QED) is 0.317. The van der Waals surface area contributed by atoms with E-state index in [4.69, 9.17) is 13.9 Å². The van der Waals surface area contributed by atoms with Gasteiger partial charge in [0, 0.05) is 22.2 Å². The molecule has 0 aliphatic heterocycles. The number of pyridine rings is 1. The molecule has 0 bridgehead atoms. The summed E-state index contributed by atoms with van der Waals surface area (Å²) in [4.78, 5) is 18.5. The smallest absolute Gasteiger partial charge is 0.291 e. The number of aromatic nitrogens is 1. The summed E-state index contributed by atoms with van der Waals surface area (Å²) in [7, 11) is 3.23. The first kappa shape index (κ1) is 23.4. The SMILES string of the molecule is COc1cccc([C@@H](Nc2cc(C)ccn2)c2c(NC(=O)c3ccco3)sc(C)c2C)c1OC. The molecule has 1 amide bonds. The minimum Gasteiger partial charge on any atom is -0.493 e. The second-order valence-electron chi connectivity index (χ2n) is 7.84. The first-order chi connectivity index (χ1) is 16.4. The fraction of sp³-hybridized carbons (Fsp3) is 0.231. The van der Waals surface area contributed by atoms with Crippen LogP contribution in [0.1, 0.15) is 43.7 Å². The first-order valence-corrected chi connectivity index (χ1v) is 11.6. The number of ether oxygens (including phenoxy) is 2. The van der Waals surface area contributed by atoms with Gasteiger partial charge in [-0.2, -0.15) is 0 Å². The summed E-state index contributed by atoms with van der Waals surface area (Å²) in [5.41, 5.74) is 3.94. The number of thiophene rings is 1. The number of hydrogen-bond donors (Lipinski definition) is 2. The van der Waals surface area contributed by atoms with Crippen molar-refractivity contribution in [3.63, 3.8) is 0 Å². The number of carbonyl (C=O) groups excluding carboxylic acids is 1. The Morgan fingerprint density at radius 2 is 1.91 bits per heavy atom. The number of carbonyl (C=O) groups is 1. The second kappa shape index (κ2) is 10.0. The molecule has 1 atom stereocenters. The normalized spacial score (nSPS) is 11.7. The van der Waals surface area contributed by atoms with E-state index in [9.17, 15) is 4.79 Å². The average Bonchev–Trinajstić information content (AvgIpc) is 3.46. The van der Waals surface area contributed by atoms with Crippen molar-refractivity contribution >= 4 is 28.1 Å². The van der Waals surface area contributed by atoms with E-state index in [0.29, 0.717) is 17.3 Å². The molecule has 4 aromatic rings. The number of furan rings is 1. The molecule has 3 aromatic heterocycles. The number of hydrogen-bond acceptors (Lipinski definition) is 7. The number of benzene rings is 1. The lowest BCUT2D eigenvalue weighted by molar-refractivity contribution is 0.0997. The highest BCUT2D eigenvalue weighted by Crippen LogP contribution is 2.45. The molecular weight excluding hydrogens is 450 g/mol. The number of amides is 1. The number of rotatable bonds is 8. The fourth-order valence-corrected chi connectivity index (χ4v) is 4.96. The lowest BCUT2D eigenvalue weighted by Gasteiger charge is -2.25. The van der Waals surface area contributed by atoms with Crippen LogP contribution in [0.5, 0.6) is 11.5 Å². The lowest BCUT2D eigenvalue weighted by Crippen LogP contribution is -2.18. The van der Waals surface area contributed by atoms with Gasteiger partial charge in [-0.05, 0) is 62.2 Å². The summed E-state index contributed by atoms with van der Waals surface area (Å²) in [5, 5.41) is 7.34. The van der Waals surface area contributed by atoms with Gasteiger partial charge in [0.1, 0.15) is 10.8 Å². The van der Waals surface area contributed by atoms with Crippen LogP contribution in [0.2, 0.25) is 0 Å². The Hall–Kier alpha value is -3.78. The predicted octanol–water partition coefficient (Wildman–Crippen LogP) is 6.13. The molecule has 4 rings (SSSR count). The molecule has 0 saturated carbocycles. The number of para-hydroxylation sites is 1. The molecule has 8 heteroatoms. The van der Waals surface area contributed by atoms with Gasteiger partial charge in [-0.3, -0.25) is 4.79 Å². The van der Waals surface area contributed by atoms with Gasteiger partial charge in [-0.15, -0.1) is 11.3 Å². The average molecular weight is 478 g/mol. The molecule has 0 spiro atoms. The van der Waals surface area contributed by atoms with Crippen molar-refractivity contribution in [3.8, 4) is 11.5 Å². The van der Waals surface area contributed by atoms with E-state index in [1.807, 2.05) is 44.2 Å². The van der Waals surface area contributed by atoms with Gasteiger partial charge in [0.2, 0.25) is 0 Å². The zero-order chi connectivity index (χ0) is 24.2. The summed E-state index contributed by atoms with van der Waals surface area (Å²) in [6, 6.07) is 12.6. The molecule has 0 fully saturated rings. The minimum absolute atomic E-state index is 0.249. The summed E-state index contributed by atoms with van der Waals surface area (Å²) in [6.45, 7) is 6.11. The van der Waals surface area contributed by atoms with Crippen molar-refractivity contribution < 1.29 is 18.7 Å². The van der Waals surface area contributed by atoms with E-state index in [-0.39, 0.29) is 17.7 Å². The van der Waals surface area contributed by atoms with Gasteiger partial charge < -0.3 is 24.5 Å².